The fraction of sp³-hybridized carbons (Fsp3) is 0.421. The summed E-state index contributed by atoms with van der Waals surface area (Å²) in [5.41, 5.74) is 0.882. The van der Waals surface area contributed by atoms with Crippen LogP contribution in [0.15, 0.2) is 45.6 Å². The number of likely N-dealkylation sites (tertiary alicyclic amines) is 1. The molecule has 7 nitrogen and oxygen atoms in total. The molecule has 0 N–H and O–H groups in total. The smallest absolute Gasteiger partial charge is 0.252 e. The van der Waals surface area contributed by atoms with Crippen LogP contribution < -0.4 is 0 Å². The van der Waals surface area contributed by atoms with Crippen molar-refractivity contribution in [1.82, 2.24) is 20.0 Å². The maximum Gasteiger partial charge on any atom is 0.252 e. The van der Waals surface area contributed by atoms with Crippen LogP contribution in [0.3, 0.4) is 0 Å². The number of pyridine rings is 1. The summed E-state index contributed by atoms with van der Waals surface area (Å²) >= 11 is 0. The maximum absolute atomic E-state index is 6.01. The number of furan rings is 1. The minimum Gasteiger partial charge on any atom is -0.465 e. The van der Waals surface area contributed by atoms with Gasteiger partial charge in [-0.1, -0.05) is 5.16 Å². The van der Waals surface area contributed by atoms with Crippen LogP contribution in [0.25, 0.3) is 11.4 Å². The minimum absolute atomic E-state index is 0.163. The molecule has 4 heterocycles. The van der Waals surface area contributed by atoms with Gasteiger partial charge in [0.15, 0.2) is 0 Å². The molecule has 0 unspecified atom stereocenters. The van der Waals surface area contributed by atoms with E-state index in [-0.39, 0.29) is 6.10 Å². The van der Waals surface area contributed by atoms with Crippen LogP contribution in [0.1, 0.15) is 30.3 Å². The van der Waals surface area contributed by atoms with E-state index in [1.165, 1.54) is 0 Å². The predicted molar refractivity (Wildman–Crippen MR) is 94.1 cm³/mol. The highest BCUT2D eigenvalue weighted by Gasteiger charge is 2.22. The third-order valence-corrected chi connectivity index (χ3v) is 4.49. The highest BCUT2D eigenvalue weighted by atomic mass is 16.5. The van der Waals surface area contributed by atoms with Gasteiger partial charge >= 0.3 is 0 Å². The zero-order valence-corrected chi connectivity index (χ0v) is 14.8. The van der Waals surface area contributed by atoms with E-state index in [0.29, 0.717) is 18.3 Å². The summed E-state index contributed by atoms with van der Waals surface area (Å²) in [5.74, 6) is 3.01. The van der Waals surface area contributed by atoms with Crippen molar-refractivity contribution in [2.24, 2.45) is 0 Å². The number of ether oxygens (including phenoxy) is 1. The number of nitrogens with zero attached hydrogens (tertiary/aromatic N) is 4. The van der Waals surface area contributed by atoms with Crippen LogP contribution in [0.5, 0.6) is 0 Å². The number of rotatable bonds is 6. The summed E-state index contributed by atoms with van der Waals surface area (Å²) in [4.78, 5) is 10.8. The Bertz CT molecular complexity index is 830. The van der Waals surface area contributed by atoms with Gasteiger partial charge in [-0.3, -0.25) is 9.88 Å². The Hall–Kier alpha value is -2.51. The van der Waals surface area contributed by atoms with Crippen LogP contribution in [0, 0.1) is 6.92 Å². The molecule has 1 atom stereocenters. The van der Waals surface area contributed by atoms with Crippen LogP contribution in [0.4, 0.5) is 0 Å². The first kappa shape index (κ1) is 16.9. The summed E-state index contributed by atoms with van der Waals surface area (Å²) in [6.45, 7) is 5.06. The summed E-state index contributed by atoms with van der Waals surface area (Å²) in [5, 5.41) is 4.01. The Balaban J connectivity index is 1.30. The third kappa shape index (κ3) is 4.17. The van der Waals surface area contributed by atoms with Crippen LogP contribution in [-0.4, -0.2) is 39.2 Å². The van der Waals surface area contributed by atoms with Gasteiger partial charge in [0.05, 0.1) is 12.6 Å². The lowest BCUT2D eigenvalue weighted by molar-refractivity contribution is -0.0223. The van der Waals surface area contributed by atoms with Gasteiger partial charge in [-0.05, 0) is 50.6 Å². The van der Waals surface area contributed by atoms with E-state index in [2.05, 4.69) is 20.0 Å². The molecule has 1 aliphatic heterocycles. The van der Waals surface area contributed by atoms with Gasteiger partial charge in [0.1, 0.15) is 18.1 Å². The summed E-state index contributed by atoms with van der Waals surface area (Å²) in [6.07, 6.45) is 5.73. The molecular weight excluding hydrogens is 332 g/mol. The number of hydrogen-bond acceptors (Lipinski definition) is 7. The molecule has 0 radical (unpaired) electrons. The molecule has 1 saturated heterocycles. The quantitative estimate of drug-likeness (QED) is 0.672. The van der Waals surface area contributed by atoms with Gasteiger partial charge in [-0.2, -0.15) is 4.98 Å². The second-order valence-corrected chi connectivity index (χ2v) is 6.57. The first-order valence-corrected chi connectivity index (χ1v) is 8.88. The Labute approximate surface area is 152 Å². The first-order chi connectivity index (χ1) is 12.8. The van der Waals surface area contributed by atoms with E-state index >= 15 is 0 Å². The summed E-state index contributed by atoms with van der Waals surface area (Å²) in [7, 11) is 0. The fourth-order valence-corrected chi connectivity index (χ4v) is 3.20. The average molecular weight is 354 g/mol. The fourth-order valence-electron chi connectivity index (χ4n) is 3.20. The summed E-state index contributed by atoms with van der Waals surface area (Å²) < 4.78 is 17.0. The Kier molecular flexibility index (Phi) is 5.08. The lowest BCUT2D eigenvalue weighted by Gasteiger charge is -2.31. The molecule has 0 bridgehead atoms. The standard InChI is InChI=1S/C19H22N4O3/c1-14-4-5-17(25-14)12-23-10-2-3-16(11-23)24-13-18-21-19(22-26-18)15-6-8-20-9-7-15/h4-9,16H,2-3,10-13H2,1H3/t16-/m0/s1. The largest absolute Gasteiger partial charge is 0.465 e. The molecule has 26 heavy (non-hydrogen) atoms. The molecule has 136 valence electrons. The highest BCUT2D eigenvalue weighted by Crippen LogP contribution is 2.19. The molecule has 3 aromatic heterocycles. The van der Waals surface area contributed by atoms with Crippen LogP contribution >= 0.6 is 0 Å². The van der Waals surface area contributed by atoms with Crippen molar-refractivity contribution >= 4 is 0 Å². The lowest BCUT2D eigenvalue weighted by atomic mass is 10.1. The van der Waals surface area contributed by atoms with Crippen molar-refractivity contribution < 1.29 is 13.7 Å². The molecule has 0 amide bonds. The molecule has 0 saturated carbocycles. The highest BCUT2D eigenvalue weighted by molar-refractivity contribution is 5.52. The van der Waals surface area contributed by atoms with Crippen molar-refractivity contribution in [3.05, 3.63) is 54.1 Å². The van der Waals surface area contributed by atoms with E-state index in [1.807, 2.05) is 31.2 Å². The lowest BCUT2D eigenvalue weighted by Crippen LogP contribution is -2.39. The second kappa shape index (κ2) is 7.80. The van der Waals surface area contributed by atoms with Crippen molar-refractivity contribution in [3.8, 4) is 11.4 Å². The molecule has 0 spiro atoms. The maximum atomic E-state index is 6.01. The second-order valence-electron chi connectivity index (χ2n) is 6.57. The van der Waals surface area contributed by atoms with Crippen molar-refractivity contribution in [3.63, 3.8) is 0 Å². The van der Waals surface area contributed by atoms with Gasteiger partial charge in [-0.25, -0.2) is 0 Å². The number of piperidine rings is 1. The van der Waals surface area contributed by atoms with E-state index < -0.39 is 0 Å². The van der Waals surface area contributed by atoms with Gasteiger partial charge in [-0.15, -0.1) is 0 Å². The van der Waals surface area contributed by atoms with Crippen molar-refractivity contribution in [1.29, 1.82) is 0 Å². The Morgan fingerprint density at radius 1 is 1.23 bits per heavy atom. The van der Waals surface area contributed by atoms with Gasteiger partial charge < -0.3 is 13.7 Å². The SMILES string of the molecule is Cc1ccc(CN2CCC[C@H](OCc3nc(-c4ccncc4)no3)C2)o1. The van der Waals surface area contributed by atoms with E-state index in [4.69, 9.17) is 13.7 Å². The van der Waals surface area contributed by atoms with Gasteiger partial charge in [0.2, 0.25) is 5.82 Å². The molecule has 1 fully saturated rings. The zero-order valence-electron chi connectivity index (χ0n) is 14.8. The normalized spacial score (nSPS) is 18.3. The Morgan fingerprint density at radius 2 is 2.12 bits per heavy atom. The number of aryl methyl sites for hydroxylation is 1. The van der Waals surface area contributed by atoms with Crippen LogP contribution in [-0.2, 0) is 17.9 Å². The average Bonchev–Trinajstić information content (AvgIpc) is 3.30. The number of aromatic nitrogens is 3. The predicted octanol–water partition coefficient (Wildman–Crippen LogP) is 3.21. The van der Waals surface area contributed by atoms with E-state index in [0.717, 1.165) is 49.6 Å². The van der Waals surface area contributed by atoms with Crippen LogP contribution in [0.2, 0.25) is 0 Å². The monoisotopic (exact) mass is 354 g/mol. The molecule has 3 aromatic rings. The van der Waals surface area contributed by atoms with Gasteiger partial charge in [0, 0.05) is 24.5 Å². The first-order valence-electron chi connectivity index (χ1n) is 8.88. The topological polar surface area (TPSA) is 77.4 Å². The van der Waals surface area contributed by atoms with E-state index in [1.54, 1.807) is 12.4 Å². The molecule has 0 aromatic carbocycles. The minimum atomic E-state index is 0.163. The van der Waals surface area contributed by atoms with E-state index in [9.17, 15) is 0 Å². The van der Waals surface area contributed by atoms with Gasteiger partial charge in [0.25, 0.3) is 5.89 Å². The molecule has 4 rings (SSSR count). The molecular formula is C19H22N4O3. The number of hydrogen-bond donors (Lipinski definition) is 0. The molecule has 0 aliphatic carbocycles. The van der Waals surface area contributed by atoms with Crippen molar-refractivity contribution in [2.45, 2.75) is 39.0 Å². The zero-order chi connectivity index (χ0) is 17.8. The van der Waals surface area contributed by atoms with Crippen molar-refractivity contribution in [2.75, 3.05) is 13.1 Å². The summed E-state index contributed by atoms with van der Waals surface area (Å²) in [6, 6.07) is 7.75. The molecule has 7 heteroatoms. The third-order valence-electron chi connectivity index (χ3n) is 4.49. The molecule has 1 aliphatic rings. The Morgan fingerprint density at radius 3 is 2.92 bits per heavy atom.